The number of aromatic nitrogens is 2. The molecule has 0 radical (unpaired) electrons. The number of nitrogens with zero attached hydrogens (tertiary/aromatic N) is 2. The van der Waals surface area contributed by atoms with E-state index in [4.69, 9.17) is 19.3 Å². The van der Waals surface area contributed by atoms with Crippen LogP contribution in [-0.2, 0) is 15.7 Å². The van der Waals surface area contributed by atoms with E-state index < -0.39 is 18.3 Å². The topological polar surface area (TPSA) is 44.2 Å². The Kier molecular flexibility index (Phi) is 5.61. The average Bonchev–Trinajstić information content (AvgIpc) is 3.08. The second kappa shape index (κ2) is 8.58. The predicted molar refractivity (Wildman–Crippen MR) is 133 cm³/mol. The van der Waals surface area contributed by atoms with Gasteiger partial charge in [0.25, 0.3) is 0 Å². The molecular formula is C28H27BN2O2. The van der Waals surface area contributed by atoms with E-state index in [0.717, 1.165) is 33.8 Å². The molecule has 3 aromatic carbocycles. The summed E-state index contributed by atoms with van der Waals surface area (Å²) in [7, 11) is -0.419. The summed E-state index contributed by atoms with van der Waals surface area (Å²) in [6.45, 7) is 6.25. The first-order valence-electron chi connectivity index (χ1n) is 11.3. The summed E-state index contributed by atoms with van der Waals surface area (Å²) in [4.78, 5) is 9.91. The van der Waals surface area contributed by atoms with Crippen molar-refractivity contribution in [2.75, 3.05) is 0 Å². The van der Waals surface area contributed by atoms with Gasteiger partial charge in [0.15, 0.2) is 0 Å². The minimum Gasteiger partial charge on any atom is -0.399 e. The predicted octanol–water partition coefficient (Wildman–Crippen LogP) is 5.33. The van der Waals surface area contributed by atoms with Gasteiger partial charge in [0.1, 0.15) is 5.82 Å². The van der Waals surface area contributed by atoms with Gasteiger partial charge in [0.2, 0.25) is 0 Å². The van der Waals surface area contributed by atoms with Gasteiger partial charge in [-0.3, -0.25) is 0 Å². The lowest BCUT2D eigenvalue weighted by atomic mass is 9.79. The monoisotopic (exact) mass is 434 g/mol. The standard InChI is InChI=1S/C28H27BN2O2/c1-27(2)28(3,33-29(32-27)23-17-11-6-12-18-23)20-26-30-24(21-13-7-4-8-14-21)19-25(31-26)22-15-9-5-10-16-22/h4-19H,20H2,1-3H3. The van der Waals surface area contributed by atoms with Gasteiger partial charge in [-0.25, -0.2) is 9.97 Å². The molecule has 1 fully saturated rings. The molecule has 33 heavy (non-hydrogen) atoms. The Morgan fingerprint density at radius 1 is 0.667 bits per heavy atom. The third kappa shape index (κ3) is 4.34. The second-order valence-electron chi connectivity index (χ2n) is 9.18. The highest BCUT2D eigenvalue weighted by Crippen LogP contribution is 2.39. The molecule has 164 valence electrons. The third-order valence-electron chi connectivity index (χ3n) is 6.52. The van der Waals surface area contributed by atoms with Crippen LogP contribution in [-0.4, -0.2) is 28.3 Å². The van der Waals surface area contributed by atoms with E-state index in [1.54, 1.807) is 0 Å². The maximum absolute atomic E-state index is 6.54. The molecular weight excluding hydrogens is 407 g/mol. The van der Waals surface area contributed by atoms with Crippen molar-refractivity contribution in [3.8, 4) is 22.5 Å². The van der Waals surface area contributed by atoms with Crippen LogP contribution in [0.15, 0.2) is 97.1 Å². The first-order valence-corrected chi connectivity index (χ1v) is 11.3. The Labute approximate surface area is 195 Å². The Hall–Kier alpha value is -3.28. The highest BCUT2D eigenvalue weighted by atomic mass is 16.7. The molecule has 0 N–H and O–H groups in total. The van der Waals surface area contributed by atoms with Gasteiger partial charge in [-0.1, -0.05) is 91.0 Å². The molecule has 1 atom stereocenters. The van der Waals surface area contributed by atoms with E-state index in [-0.39, 0.29) is 0 Å². The molecule has 1 aliphatic heterocycles. The minimum absolute atomic E-state index is 0.419. The van der Waals surface area contributed by atoms with E-state index in [1.165, 1.54) is 0 Å². The van der Waals surface area contributed by atoms with Crippen molar-refractivity contribution >= 4 is 12.6 Å². The van der Waals surface area contributed by atoms with Crippen molar-refractivity contribution in [2.45, 2.75) is 38.4 Å². The van der Waals surface area contributed by atoms with Crippen LogP contribution in [0.3, 0.4) is 0 Å². The largest absolute Gasteiger partial charge is 0.494 e. The Morgan fingerprint density at radius 3 is 1.67 bits per heavy atom. The van der Waals surface area contributed by atoms with Gasteiger partial charge in [0.05, 0.1) is 22.6 Å². The van der Waals surface area contributed by atoms with Crippen LogP contribution >= 0.6 is 0 Å². The first-order chi connectivity index (χ1) is 15.9. The highest BCUT2D eigenvalue weighted by molar-refractivity contribution is 6.62. The molecule has 0 spiro atoms. The van der Waals surface area contributed by atoms with Crippen LogP contribution in [0.1, 0.15) is 26.6 Å². The normalized spacial score (nSPS) is 19.5. The zero-order chi connectivity index (χ0) is 22.9. The molecule has 1 saturated heterocycles. The molecule has 4 nitrogen and oxygen atoms in total. The van der Waals surface area contributed by atoms with Gasteiger partial charge in [-0.05, 0) is 32.3 Å². The second-order valence-corrected chi connectivity index (χ2v) is 9.18. The summed E-state index contributed by atoms with van der Waals surface area (Å²) < 4.78 is 12.9. The van der Waals surface area contributed by atoms with Crippen molar-refractivity contribution in [3.05, 3.63) is 103 Å². The molecule has 0 bridgehead atoms. The summed E-state index contributed by atoms with van der Waals surface area (Å²) in [6.07, 6.45) is 0.532. The molecule has 5 rings (SSSR count). The molecule has 0 saturated carbocycles. The molecule has 1 unspecified atom stereocenters. The molecule has 0 aliphatic carbocycles. The smallest absolute Gasteiger partial charge is 0.399 e. The van der Waals surface area contributed by atoms with Crippen LogP contribution in [0.2, 0.25) is 0 Å². The fourth-order valence-corrected chi connectivity index (χ4v) is 4.19. The highest BCUT2D eigenvalue weighted by Gasteiger charge is 2.54. The van der Waals surface area contributed by atoms with Crippen LogP contribution in [0.4, 0.5) is 0 Å². The van der Waals surface area contributed by atoms with Crippen molar-refractivity contribution in [3.63, 3.8) is 0 Å². The molecule has 0 amide bonds. The van der Waals surface area contributed by atoms with Crippen LogP contribution < -0.4 is 5.46 Å². The van der Waals surface area contributed by atoms with Crippen LogP contribution in [0.5, 0.6) is 0 Å². The molecule has 5 heteroatoms. The lowest BCUT2D eigenvalue weighted by Crippen LogP contribution is -2.47. The number of rotatable bonds is 5. The number of hydrogen-bond donors (Lipinski definition) is 0. The third-order valence-corrected chi connectivity index (χ3v) is 6.52. The Morgan fingerprint density at radius 2 is 1.15 bits per heavy atom. The SMILES string of the molecule is CC1(C)OB(c2ccccc2)OC1(C)Cc1nc(-c2ccccc2)cc(-c2ccccc2)n1. The molecule has 2 heterocycles. The lowest BCUT2D eigenvalue weighted by molar-refractivity contribution is -0.0101. The molecule has 1 aromatic heterocycles. The molecule has 1 aliphatic rings. The van der Waals surface area contributed by atoms with Crippen molar-refractivity contribution in [2.24, 2.45) is 0 Å². The van der Waals surface area contributed by atoms with Crippen LogP contribution in [0.25, 0.3) is 22.5 Å². The number of benzene rings is 3. The van der Waals surface area contributed by atoms with E-state index in [2.05, 4.69) is 51.1 Å². The van der Waals surface area contributed by atoms with Gasteiger partial charge in [-0.15, -0.1) is 0 Å². The summed E-state index contributed by atoms with van der Waals surface area (Å²) in [5.74, 6) is 0.739. The lowest BCUT2D eigenvalue weighted by Gasteiger charge is -2.36. The number of hydrogen-bond acceptors (Lipinski definition) is 4. The van der Waals surface area contributed by atoms with E-state index in [1.807, 2.05) is 66.7 Å². The van der Waals surface area contributed by atoms with Crippen molar-refractivity contribution in [1.82, 2.24) is 9.97 Å². The van der Waals surface area contributed by atoms with E-state index in [9.17, 15) is 0 Å². The quantitative estimate of drug-likeness (QED) is 0.398. The van der Waals surface area contributed by atoms with Gasteiger partial charge in [-0.2, -0.15) is 0 Å². The maximum Gasteiger partial charge on any atom is 0.494 e. The fraction of sp³-hybridized carbons (Fsp3) is 0.214. The van der Waals surface area contributed by atoms with Crippen LogP contribution in [0, 0.1) is 0 Å². The zero-order valence-corrected chi connectivity index (χ0v) is 19.2. The summed E-state index contributed by atoms with van der Waals surface area (Å²) >= 11 is 0. The van der Waals surface area contributed by atoms with Gasteiger partial charge < -0.3 is 9.31 Å². The average molecular weight is 434 g/mol. The Bertz CT molecular complexity index is 1180. The Balaban J connectivity index is 1.53. The zero-order valence-electron chi connectivity index (χ0n) is 19.2. The maximum atomic E-state index is 6.54. The first kappa shape index (κ1) is 21.6. The summed E-state index contributed by atoms with van der Waals surface area (Å²) in [5.41, 5.74) is 3.82. The van der Waals surface area contributed by atoms with E-state index in [0.29, 0.717) is 6.42 Å². The molecule has 4 aromatic rings. The summed E-state index contributed by atoms with van der Waals surface area (Å²) in [5, 5.41) is 0. The van der Waals surface area contributed by atoms with Gasteiger partial charge in [0, 0.05) is 17.5 Å². The van der Waals surface area contributed by atoms with Gasteiger partial charge >= 0.3 is 7.12 Å². The van der Waals surface area contributed by atoms with Crippen molar-refractivity contribution < 1.29 is 9.31 Å². The minimum atomic E-state index is -0.600. The van der Waals surface area contributed by atoms with E-state index >= 15 is 0 Å². The summed E-state index contributed by atoms with van der Waals surface area (Å²) in [6, 6.07) is 32.6. The fourth-order valence-electron chi connectivity index (χ4n) is 4.19. The van der Waals surface area contributed by atoms with Crippen molar-refractivity contribution in [1.29, 1.82) is 0 Å².